The minimum absolute atomic E-state index is 0.0781. The molecule has 0 unspecified atom stereocenters. The van der Waals surface area contributed by atoms with E-state index in [2.05, 4.69) is 21.7 Å². The molecule has 1 aromatic rings. The van der Waals surface area contributed by atoms with Crippen LogP contribution in [0, 0.1) is 19.8 Å². The minimum atomic E-state index is -0.692. The second-order valence-electron chi connectivity index (χ2n) is 4.82. The maximum atomic E-state index is 10.8. The average molecular weight is 282 g/mol. The van der Waals surface area contributed by atoms with Gasteiger partial charge in [0.05, 0.1) is 5.92 Å². The number of carboxylic acids is 1. The first-order valence-electron chi connectivity index (χ1n) is 6.59. The van der Waals surface area contributed by atoms with Crippen molar-refractivity contribution in [2.24, 2.45) is 17.6 Å². The van der Waals surface area contributed by atoms with E-state index in [9.17, 15) is 4.79 Å². The molecule has 112 valence electrons. The molecule has 0 amide bonds. The van der Waals surface area contributed by atoms with E-state index >= 15 is 0 Å². The van der Waals surface area contributed by atoms with Crippen LogP contribution in [0.5, 0.6) is 5.88 Å². The molecule has 1 heterocycles. The predicted octanol–water partition coefficient (Wildman–Crippen LogP) is 0.934. The van der Waals surface area contributed by atoms with E-state index < -0.39 is 5.97 Å². The van der Waals surface area contributed by atoms with Gasteiger partial charge in [-0.15, -0.1) is 0 Å². The first-order valence-corrected chi connectivity index (χ1v) is 6.59. The quantitative estimate of drug-likeness (QED) is 0.556. The number of aliphatic carboxylic acids is 1. The standard InChI is InChI=1S/C13H18N2O3.H4N2/c1-8-7-12(15-9(2)14-8)18-11-5-3-10(4-6-11)13(16)17;1-2/h7,10-11H,3-6H2,1-2H3,(H,16,17);1-2H2/t10-,11-;. The summed E-state index contributed by atoms with van der Waals surface area (Å²) in [7, 11) is 0. The Morgan fingerprint density at radius 2 is 1.85 bits per heavy atom. The predicted molar refractivity (Wildman–Crippen MR) is 73.9 cm³/mol. The zero-order valence-corrected chi connectivity index (χ0v) is 11.9. The highest BCUT2D eigenvalue weighted by Crippen LogP contribution is 2.27. The molecule has 1 aliphatic carbocycles. The number of rotatable bonds is 3. The summed E-state index contributed by atoms with van der Waals surface area (Å²) in [6, 6.07) is 1.82. The van der Waals surface area contributed by atoms with Crippen LogP contribution in [0.1, 0.15) is 37.2 Å². The van der Waals surface area contributed by atoms with Crippen LogP contribution in [0.4, 0.5) is 0 Å². The zero-order chi connectivity index (χ0) is 15.1. The van der Waals surface area contributed by atoms with Crippen molar-refractivity contribution in [2.45, 2.75) is 45.6 Å². The maximum Gasteiger partial charge on any atom is 0.306 e. The molecule has 1 fully saturated rings. The van der Waals surface area contributed by atoms with Crippen LogP contribution in [0.25, 0.3) is 0 Å². The number of carbonyl (C=O) groups is 1. The molecule has 0 spiro atoms. The third-order valence-corrected chi connectivity index (χ3v) is 3.25. The second-order valence-corrected chi connectivity index (χ2v) is 4.82. The fourth-order valence-electron chi connectivity index (χ4n) is 2.34. The van der Waals surface area contributed by atoms with Gasteiger partial charge in [-0.1, -0.05) is 0 Å². The van der Waals surface area contributed by atoms with Gasteiger partial charge in [0, 0.05) is 11.8 Å². The van der Waals surface area contributed by atoms with Crippen molar-refractivity contribution in [3.05, 3.63) is 17.6 Å². The molecular formula is C13H22N4O3. The van der Waals surface area contributed by atoms with Crippen molar-refractivity contribution >= 4 is 5.97 Å². The van der Waals surface area contributed by atoms with Crippen molar-refractivity contribution < 1.29 is 14.6 Å². The highest BCUT2D eigenvalue weighted by Gasteiger charge is 2.27. The van der Waals surface area contributed by atoms with Crippen molar-refractivity contribution in [1.82, 2.24) is 9.97 Å². The molecule has 7 heteroatoms. The number of hydrazine groups is 1. The molecule has 0 atom stereocenters. The molecule has 7 nitrogen and oxygen atoms in total. The molecule has 0 radical (unpaired) electrons. The summed E-state index contributed by atoms with van der Waals surface area (Å²) in [5, 5.41) is 8.93. The van der Waals surface area contributed by atoms with Gasteiger partial charge in [-0.05, 0) is 39.5 Å². The number of carboxylic acid groups (broad SMARTS) is 1. The maximum absolute atomic E-state index is 10.8. The van der Waals surface area contributed by atoms with E-state index in [0.29, 0.717) is 24.5 Å². The lowest BCUT2D eigenvalue weighted by molar-refractivity contribution is -0.143. The number of aromatic nitrogens is 2. The molecule has 0 saturated heterocycles. The Morgan fingerprint density at radius 1 is 1.25 bits per heavy atom. The lowest BCUT2D eigenvalue weighted by Crippen LogP contribution is -2.28. The number of aryl methyl sites for hydroxylation is 2. The van der Waals surface area contributed by atoms with Crippen LogP contribution in [-0.4, -0.2) is 27.1 Å². The van der Waals surface area contributed by atoms with Crippen LogP contribution in [-0.2, 0) is 4.79 Å². The van der Waals surface area contributed by atoms with Gasteiger partial charge in [0.15, 0.2) is 0 Å². The van der Waals surface area contributed by atoms with E-state index in [4.69, 9.17) is 9.84 Å². The van der Waals surface area contributed by atoms with Gasteiger partial charge in [-0.2, -0.15) is 4.98 Å². The number of ether oxygens (including phenoxy) is 1. The SMILES string of the molecule is Cc1cc(O[C@H]2CC[C@H](C(=O)O)CC2)nc(C)n1.NN. The molecule has 0 bridgehead atoms. The van der Waals surface area contributed by atoms with Crippen LogP contribution in [0.15, 0.2) is 6.07 Å². The highest BCUT2D eigenvalue weighted by molar-refractivity contribution is 5.70. The molecule has 5 N–H and O–H groups in total. The lowest BCUT2D eigenvalue weighted by Gasteiger charge is -2.26. The lowest BCUT2D eigenvalue weighted by atomic mass is 9.87. The number of nitrogens with two attached hydrogens (primary N) is 2. The van der Waals surface area contributed by atoms with Crippen LogP contribution < -0.4 is 16.4 Å². The first kappa shape index (κ1) is 16.3. The summed E-state index contributed by atoms with van der Waals surface area (Å²) in [5.41, 5.74) is 0.886. The van der Waals surface area contributed by atoms with Gasteiger partial charge >= 0.3 is 5.97 Å². The number of nitrogens with zero attached hydrogens (tertiary/aromatic N) is 2. The van der Waals surface area contributed by atoms with Crippen molar-refractivity contribution in [3.8, 4) is 5.88 Å². The largest absolute Gasteiger partial charge is 0.481 e. The summed E-state index contributed by atoms with van der Waals surface area (Å²) in [6.07, 6.45) is 3.00. The van der Waals surface area contributed by atoms with Crippen LogP contribution >= 0.6 is 0 Å². The zero-order valence-electron chi connectivity index (χ0n) is 11.9. The Kier molecular flexibility index (Phi) is 6.33. The summed E-state index contributed by atoms with van der Waals surface area (Å²) in [6.45, 7) is 3.74. The Morgan fingerprint density at radius 3 is 2.35 bits per heavy atom. The van der Waals surface area contributed by atoms with E-state index in [0.717, 1.165) is 18.5 Å². The Hall–Kier alpha value is -1.73. The van der Waals surface area contributed by atoms with Gasteiger partial charge in [-0.25, -0.2) is 4.98 Å². The molecule has 2 rings (SSSR count). The molecule has 1 aliphatic rings. The minimum Gasteiger partial charge on any atom is -0.481 e. The summed E-state index contributed by atoms with van der Waals surface area (Å²) >= 11 is 0. The highest BCUT2D eigenvalue weighted by atomic mass is 16.5. The van der Waals surface area contributed by atoms with Gasteiger partial charge in [-0.3, -0.25) is 16.5 Å². The third-order valence-electron chi connectivity index (χ3n) is 3.25. The second kappa shape index (κ2) is 7.76. The molecule has 1 aromatic heterocycles. The van der Waals surface area contributed by atoms with Gasteiger partial charge in [0.2, 0.25) is 5.88 Å². The summed E-state index contributed by atoms with van der Waals surface area (Å²) < 4.78 is 5.80. The monoisotopic (exact) mass is 282 g/mol. The van der Waals surface area contributed by atoms with Crippen molar-refractivity contribution in [1.29, 1.82) is 0 Å². The Balaban J connectivity index is 0.000000956. The van der Waals surface area contributed by atoms with Gasteiger partial charge in [0.1, 0.15) is 11.9 Å². The fourth-order valence-corrected chi connectivity index (χ4v) is 2.34. The van der Waals surface area contributed by atoms with Crippen molar-refractivity contribution in [3.63, 3.8) is 0 Å². The van der Waals surface area contributed by atoms with Crippen molar-refractivity contribution in [2.75, 3.05) is 0 Å². The molecule has 1 saturated carbocycles. The first-order chi connectivity index (χ1) is 9.54. The summed E-state index contributed by atoms with van der Waals surface area (Å²) in [5.74, 6) is 8.39. The van der Waals surface area contributed by atoms with E-state index in [1.807, 2.05) is 19.9 Å². The molecule has 0 aliphatic heterocycles. The fraction of sp³-hybridized carbons (Fsp3) is 0.615. The molecular weight excluding hydrogens is 260 g/mol. The normalized spacial score (nSPS) is 21.6. The Bertz CT molecular complexity index is 425. The topological polar surface area (TPSA) is 124 Å². The van der Waals surface area contributed by atoms with Crippen LogP contribution in [0.3, 0.4) is 0 Å². The number of hydrogen-bond acceptors (Lipinski definition) is 6. The summed E-state index contributed by atoms with van der Waals surface area (Å²) in [4.78, 5) is 19.3. The average Bonchev–Trinajstić information content (AvgIpc) is 2.40. The van der Waals surface area contributed by atoms with Crippen LogP contribution in [0.2, 0.25) is 0 Å². The smallest absolute Gasteiger partial charge is 0.306 e. The molecule has 0 aromatic carbocycles. The van der Waals surface area contributed by atoms with E-state index in [-0.39, 0.29) is 12.0 Å². The van der Waals surface area contributed by atoms with E-state index in [1.165, 1.54) is 0 Å². The van der Waals surface area contributed by atoms with E-state index in [1.54, 1.807) is 0 Å². The number of hydrogen-bond donors (Lipinski definition) is 3. The third kappa shape index (κ3) is 4.75. The van der Waals surface area contributed by atoms with Gasteiger partial charge < -0.3 is 9.84 Å². The molecule has 20 heavy (non-hydrogen) atoms. The Labute approximate surface area is 118 Å². The van der Waals surface area contributed by atoms with Gasteiger partial charge in [0.25, 0.3) is 0 Å².